The molecule has 1 aromatic carbocycles. The van der Waals surface area contributed by atoms with E-state index >= 15 is 0 Å². The molecule has 0 saturated carbocycles. The first-order valence-corrected chi connectivity index (χ1v) is 7.52. The summed E-state index contributed by atoms with van der Waals surface area (Å²) in [5.74, 6) is 0. The predicted octanol–water partition coefficient (Wildman–Crippen LogP) is 4.18. The molecule has 1 aliphatic rings. The molecule has 2 heterocycles. The van der Waals surface area contributed by atoms with E-state index in [1.54, 1.807) is 0 Å². The Balaban J connectivity index is 1.81. The van der Waals surface area contributed by atoms with Crippen molar-refractivity contribution >= 4 is 15.9 Å². The molecule has 3 rings (SSSR count). The number of halogens is 1. The average Bonchev–Trinajstić information content (AvgIpc) is 2.88. The molecule has 3 heteroatoms. The lowest BCUT2D eigenvalue weighted by molar-refractivity contribution is 0.247. The van der Waals surface area contributed by atoms with Crippen LogP contribution in [0.15, 0.2) is 53.3 Å². The van der Waals surface area contributed by atoms with Crippen LogP contribution in [0.2, 0.25) is 0 Å². The molecule has 0 aliphatic carbocycles. The summed E-state index contributed by atoms with van der Waals surface area (Å²) in [6.45, 7) is 2.19. The summed E-state index contributed by atoms with van der Waals surface area (Å²) in [5.41, 5.74) is 2.70. The minimum absolute atomic E-state index is 0.489. The second kappa shape index (κ2) is 5.85. The van der Waals surface area contributed by atoms with Gasteiger partial charge in [-0.2, -0.15) is 0 Å². The van der Waals surface area contributed by atoms with Gasteiger partial charge in [-0.25, -0.2) is 4.98 Å². The van der Waals surface area contributed by atoms with Gasteiger partial charge in [-0.1, -0.05) is 36.4 Å². The molecule has 1 atom stereocenters. The van der Waals surface area contributed by atoms with E-state index in [9.17, 15) is 0 Å². The van der Waals surface area contributed by atoms with Crippen molar-refractivity contribution in [1.29, 1.82) is 0 Å². The molecule has 1 fully saturated rings. The molecule has 0 amide bonds. The maximum absolute atomic E-state index is 4.36. The van der Waals surface area contributed by atoms with Crippen LogP contribution in [0.1, 0.15) is 30.0 Å². The molecule has 1 saturated heterocycles. The molecule has 0 unspecified atom stereocenters. The lowest BCUT2D eigenvalue weighted by Crippen LogP contribution is -2.23. The topological polar surface area (TPSA) is 16.1 Å². The van der Waals surface area contributed by atoms with E-state index in [0.29, 0.717) is 6.04 Å². The van der Waals surface area contributed by atoms with Gasteiger partial charge in [-0.05, 0) is 46.9 Å². The van der Waals surface area contributed by atoms with Gasteiger partial charge >= 0.3 is 0 Å². The molecule has 0 radical (unpaired) electrons. The number of pyridine rings is 1. The van der Waals surface area contributed by atoms with Gasteiger partial charge in [0.05, 0.1) is 0 Å². The van der Waals surface area contributed by atoms with E-state index in [-0.39, 0.29) is 0 Å². The number of aromatic nitrogens is 1. The SMILES string of the molecule is Brc1ncccc1[C@H]1CCCN1Cc1ccccc1. The molecule has 0 spiro atoms. The monoisotopic (exact) mass is 316 g/mol. The largest absolute Gasteiger partial charge is 0.292 e. The third-order valence-corrected chi connectivity index (χ3v) is 4.40. The maximum Gasteiger partial charge on any atom is 0.110 e. The van der Waals surface area contributed by atoms with E-state index < -0.39 is 0 Å². The van der Waals surface area contributed by atoms with Crippen molar-refractivity contribution in [2.75, 3.05) is 6.54 Å². The van der Waals surface area contributed by atoms with E-state index in [1.807, 2.05) is 12.3 Å². The molecular formula is C16H17BrN2. The minimum Gasteiger partial charge on any atom is -0.292 e. The second-order valence-electron chi connectivity index (χ2n) is 5.00. The van der Waals surface area contributed by atoms with Gasteiger partial charge in [-0.15, -0.1) is 0 Å². The van der Waals surface area contributed by atoms with Crippen molar-refractivity contribution in [1.82, 2.24) is 9.88 Å². The number of likely N-dealkylation sites (tertiary alicyclic amines) is 1. The van der Waals surface area contributed by atoms with Crippen molar-refractivity contribution < 1.29 is 0 Å². The third kappa shape index (κ3) is 2.88. The zero-order valence-corrected chi connectivity index (χ0v) is 12.4. The first kappa shape index (κ1) is 12.8. The quantitative estimate of drug-likeness (QED) is 0.790. The van der Waals surface area contributed by atoms with Crippen LogP contribution in [-0.4, -0.2) is 16.4 Å². The van der Waals surface area contributed by atoms with Gasteiger partial charge in [0.1, 0.15) is 4.60 Å². The van der Waals surface area contributed by atoms with Crippen molar-refractivity contribution in [3.8, 4) is 0 Å². The standard InChI is InChI=1S/C16H17BrN2/c17-16-14(8-4-10-18-16)15-9-5-11-19(15)12-13-6-2-1-3-7-13/h1-4,6-8,10,15H,5,9,11-12H2/t15-/m1/s1. The first-order valence-electron chi connectivity index (χ1n) is 6.73. The highest BCUT2D eigenvalue weighted by atomic mass is 79.9. The van der Waals surface area contributed by atoms with Crippen molar-refractivity contribution in [3.63, 3.8) is 0 Å². The summed E-state index contributed by atoms with van der Waals surface area (Å²) in [6, 6.07) is 15.4. The van der Waals surface area contributed by atoms with E-state index in [0.717, 1.165) is 11.1 Å². The molecule has 0 N–H and O–H groups in total. The van der Waals surface area contributed by atoms with Gasteiger partial charge in [0, 0.05) is 24.3 Å². The fraction of sp³-hybridized carbons (Fsp3) is 0.312. The summed E-state index contributed by atoms with van der Waals surface area (Å²) in [5, 5.41) is 0. The number of hydrogen-bond donors (Lipinski definition) is 0. The molecule has 98 valence electrons. The van der Waals surface area contributed by atoms with Gasteiger partial charge in [0.15, 0.2) is 0 Å². The Kier molecular flexibility index (Phi) is 3.95. The van der Waals surface area contributed by atoms with Crippen molar-refractivity contribution in [3.05, 3.63) is 64.4 Å². The lowest BCUT2D eigenvalue weighted by Gasteiger charge is -2.25. The Bertz CT molecular complexity index is 541. The number of benzene rings is 1. The zero-order chi connectivity index (χ0) is 13.1. The lowest BCUT2D eigenvalue weighted by atomic mass is 10.1. The minimum atomic E-state index is 0.489. The Hall–Kier alpha value is -1.19. The van der Waals surface area contributed by atoms with Crippen LogP contribution >= 0.6 is 15.9 Å². The molecule has 1 aliphatic heterocycles. The number of hydrogen-bond acceptors (Lipinski definition) is 2. The summed E-state index contributed by atoms with van der Waals surface area (Å²) in [4.78, 5) is 6.91. The van der Waals surface area contributed by atoms with Gasteiger partial charge in [-0.3, -0.25) is 4.90 Å². The highest BCUT2D eigenvalue weighted by molar-refractivity contribution is 9.10. The fourth-order valence-electron chi connectivity index (χ4n) is 2.83. The second-order valence-corrected chi connectivity index (χ2v) is 5.75. The molecule has 2 nitrogen and oxygen atoms in total. The third-order valence-electron chi connectivity index (χ3n) is 3.74. The zero-order valence-electron chi connectivity index (χ0n) is 10.8. The maximum atomic E-state index is 4.36. The Morgan fingerprint density at radius 2 is 2.00 bits per heavy atom. The Morgan fingerprint density at radius 3 is 2.79 bits per heavy atom. The summed E-state index contributed by atoms with van der Waals surface area (Å²) in [7, 11) is 0. The van der Waals surface area contributed by atoms with Gasteiger partial charge < -0.3 is 0 Å². The molecular weight excluding hydrogens is 300 g/mol. The van der Waals surface area contributed by atoms with Crippen LogP contribution in [0.3, 0.4) is 0 Å². The van der Waals surface area contributed by atoms with E-state index in [2.05, 4.69) is 62.2 Å². The van der Waals surface area contributed by atoms with Gasteiger partial charge in [0.2, 0.25) is 0 Å². The average molecular weight is 317 g/mol. The van der Waals surface area contributed by atoms with E-state index in [4.69, 9.17) is 0 Å². The predicted molar refractivity (Wildman–Crippen MR) is 80.8 cm³/mol. The van der Waals surface area contributed by atoms with Crippen LogP contribution < -0.4 is 0 Å². The van der Waals surface area contributed by atoms with Crippen LogP contribution in [-0.2, 0) is 6.54 Å². The number of rotatable bonds is 3. The molecule has 0 bridgehead atoms. The Morgan fingerprint density at radius 1 is 1.16 bits per heavy atom. The highest BCUT2D eigenvalue weighted by Crippen LogP contribution is 2.35. The van der Waals surface area contributed by atoms with Crippen LogP contribution in [0.25, 0.3) is 0 Å². The normalized spacial score (nSPS) is 19.7. The smallest absolute Gasteiger partial charge is 0.110 e. The summed E-state index contributed by atoms with van der Waals surface area (Å²) >= 11 is 3.58. The summed E-state index contributed by atoms with van der Waals surface area (Å²) in [6.07, 6.45) is 4.32. The molecule has 1 aromatic heterocycles. The van der Waals surface area contributed by atoms with Crippen LogP contribution in [0.4, 0.5) is 0 Å². The molecule has 19 heavy (non-hydrogen) atoms. The van der Waals surface area contributed by atoms with Crippen molar-refractivity contribution in [2.24, 2.45) is 0 Å². The fourth-order valence-corrected chi connectivity index (χ4v) is 3.35. The van der Waals surface area contributed by atoms with E-state index in [1.165, 1.54) is 30.5 Å². The Labute approximate surface area is 122 Å². The van der Waals surface area contributed by atoms with Crippen molar-refractivity contribution in [2.45, 2.75) is 25.4 Å². The van der Waals surface area contributed by atoms with Crippen LogP contribution in [0.5, 0.6) is 0 Å². The number of nitrogens with zero attached hydrogens (tertiary/aromatic N) is 2. The van der Waals surface area contributed by atoms with Gasteiger partial charge in [0.25, 0.3) is 0 Å². The molecule has 2 aromatic rings. The van der Waals surface area contributed by atoms with Crippen LogP contribution in [0, 0.1) is 0 Å². The summed E-state index contributed by atoms with van der Waals surface area (Å²) < 4.78 is 0.986. The highest BCUT2D eigenvalue weighted by Gasteiger charge is 2.27. The first-order chi connectivity index (χ1) is 9.34.